The van der Waals surface area contributed by atoms with Crippen molar-refractivity contribution in [2.24, 2.45) is 5.92 Å². The predicted octanol–water partition coefficient (Wildman–Crippen LogP) is 2.89. The van der Waals surface area contributed by atoms with E-state index >= 15 is 0 Å². The maximum atomic E-state index is 12.6. The molecule has 0 aliphatic rings. The largest absolute Gasteiger partial charge is 0.398 e. The molecule has 0 bridgehead atoms. The van der Waals surface area contributed by atoms with Crippen LogP contribution in [0.15, 0.2) is 23.1 Å². The van der Waals surface area contributed by atoms with Gasteiger partial charge in [-0.2, -0.15) is 4.31 Å². The van der Waals surface area contributed by atoms with Gasteiger partial charge in [-0.25, -0.2) is 8.42 Å². The van der Waals surface area contributed by atoms with E-state index in [0.717, 1.165) is 18.4 Å². The number of hydrogen-bond acceptors (Lipinski definition) is 3. The lowest BCUT2D eigenvalue weighted by Crippen LogP contribution is -2.35. The maximum absolute atomic E-state index is 12.6. The van der Waals surface area contributed by atoms with Crippen LogP contribution in [0, 0.1) is 5.92 Å². The van der Waals surface area contributed by atoms with Crippen LogP contribution in [-0.4, -0.2) is 25.8 Å². The van der Waals surface area contributed by atoms with E-state index in [0.29, 0.717) is 11.6 Å². The van der Waals surface area contributed by atoms with Crippen molar-refractivity contribution in [3.05, 3.63) is 23.8 Å². The van der Waals surface area contributed by atoms with Crippen LogP contribution in [-0.2, 0) is 16.4 Å². The van der Waals surface area contributed by atoms with Gasteiger partial charge in [-0.05, 0) is 43.4 Å². The molecule has 1 rings (SSSR count). The normalized spacial score (nSPS) is 13.9. The zero-order chi connectivity index (χ0) is 15.5. The Kier molecular flexibility index (Phi) is 5.59. The van der Waals surface area contributed by atoms with E-state index in [1.54, 1.807) is 25.2 Å². The van der Waals surface area contributed by atoms with Crippen LogP contribution in [0.4, 0.5) is 5.69 Å². The molecule has 114 valence electrons. The number of sulfonamides is 1. The fraction of sp³-hybridized carbons (Fsp3) is 0.600. The second-order valence-electron chi connectivity index (χ2n) is 5.71. The number of aryl methyl sites for hydroxylation is 1. The van der Waals surface area contributed by atoms with Crippen LogP contribution in [0.2, 0.25) is 0 Å². The van der Waals surface area contributed by atoms with E-state index in [-0.39, 0.29) is 10.9 Å². The van der Waals surface area contributed by atoms with Crippen molar-refractivity contribution in [2.45, 2.75) is 51.5 Å². The van der Waals surface area contributed by atoms with Crippen LogP contribution >= 0.6 is 0 Å². The zero-order valence-electron chi connectivity index (χ0n) is 13.1. The minimum absolute atomic E-state index is 0.0351. The SMILES string of the molecule is CCc1ccc(S(=O)(=O)N(C)C(C)CC(C)C)cc1N. The Morgan fingerprint density at radius 1 is 1.25 bits per heavy atom. The molecule has 0 aliphatic carbocycles. The molecule has 0 saturated carbocycles. The van der Waals surface area contributed by atoms with Gasteiger partial charge in [0.15, 0.2) is 0 Å². The van der Waals surface area contributed by atoms with Gasteiger partial charge in [0.2, 0.25) is 10.0 Å². The molecular weight excluding hydrogens is 272 g/mol. The molecule has 0 heterocycles. The Hall–Kier alpha value is -1.07. The second-order valence-corrected chi connectivity index (χ2v) is 7.71. The molecule has 0 aliphatic heterocycles. The molecule has 5 heteroatoms. The van der Waals surface area contributed by atoms with E-state index in [1.807, 2.05) is 13.8 Å². The molecule has 0 aromatic heterocycles. The monoisotopic (exact) mass is 298 g/mol. The molecule has 1 atom stereocenters. The van der Waals surface area contributed by atoms with Gasteiger partial charge in [0.25, 0.3) is 0 Å². The summed E-state index contributed by atoms with van der Waals surface area (Å²) in [7, 11) is -1.85. The van der Waals surface area contributed by atoms with Crippen molar-refractivity contribution in [1.82, 2.24) is 4.31 Å². The number of nitrogens with zero attached hydrogens (tertiary/aromatic N) is 1. The van der Waals surface area contributed by atoms with Gasteiger partial charge in [0.1, 0.15) is 0 Å². The Labute approximate surface area is 123 Å². The molecule has 0 saturated heterocycles. The van der Waals surface area contributed by atoms with E-state index < -0.39 is 10.0 Å². The van der Waals surface area contributed by atoms with Crippen molar-refractivity contribution >= 4 is 15.7 Å². The lowest BCUT2D eigenvalue weighted by atomic mass is 10.1. The first-order valence-electron chi connectivity index (χ1n) is 7.06. The summed E-state index contributed by atoms with van der Waals surface area (Å²) < 4.78 is 26.6. The highest BCUT2D eigenvalue weighted by atomic mass is 32.2. The van der Waals surface area contributed by atoms with Crippen molar-refractivity contribution < 1.29 is 8.42 Å². The summed E-state index contributed by atoms with van der Waals surface area (Å²) in [6.45, 7) is 8.11. The Morgan fingerprint density at radius 3 is 2.30 bits per heavy atom. The average Bonchev–Trinajstić information content (AvgIpc) is 2.36. The molecule has 0 radical (unpaired) electrons. The van der Waals surface area contributed by atoms with Crippen molar-refractivity contribution in [1.29, 1.82) is 0 Å². The van der Waals surface area contributed by atoms with Crippen LogP contribution in [0.1, 0.15) is 39.7 Å². The topological polar surface area (TPSA) is 63.4 Å². The van der Waals surface area contributed by atoms with E-state index in [4.69, 9.17) is 5.73 Å². The predicted molar refractivity (Wildman–Crippen MR) is 84.1 cm³/mol. The van der Waals surface area contributed by atoms with E-state index in [9.17, 15) is 8.42 Å². The summed E-state index contributed by atoms with van der Waals surface area (Å²) in [4.78, 5) is 0.269. The van der Waals surface area contributed by atoms with E-state index in [1.165, 1.54) is 4.31 Å². The summed E-state index contributed by atoms with van der Waals surface area (Å²) in [5, 5.41) is 0. The number of hydrogen-bond donors (Lipinski definition) is 1. The second kappa shape index (κ2) is 6.59. The quantitative estimate of drug-likeness (QED) is 0.821. The highest BCUT2D eigenvalue weighted by molar-refractivity contribution is 7.89. The van der Waals surface area contributed by atoms with Crippen LogP contribution < -0.4 is 5.73 Å². The zero-order valence-corrected chi connectivity index (χ0v) is 13.9. The summed E-state index contributed by atoms with van der Waals surface area (Å²) >= 11 is 0. The highest BCUT2D eigenvalue weighted by Crippen LogP contribution is 2.23. The van der Waals surface area contributed by atoms with Gasteiger partial charge in [-0.3, -0.25) is 0 Å². The molecule has 0 fully saturated rings. The summed E-state index contributed by atoms with van der Waals surface area (Å²) in [6.07, 6.45) is 1.63. The first-order chi connectivity index (χ1) is 9.20. The van der Waals surface area contributed by atoms with Gasteiger partial charge < -0.3 is 5.73 Å². The molecule has 20 heavy (non-hydrogen) atoms. The molecule has 4 nitrogen and oxygen atoms in total. The molecule has 2 N–H and O–H groups in total. The number of benzene rings is 1. The number of nitrogen functional groups attached to an aromatic ring is 1. The molecule has 1 aromatic carbocycles. The minimum Gasteiger partial charge on any atom is -0.398 e. The van der Waals surface area contributed by atoms with Crippen molar-refractivity contribution in [2.75, 3.05) is 12.8 Å². The number of anilines is 1. The first kappa shape index (κ1) is 17.0. The van der Waals surface area contributed by atoms with Crippen LogP contribution in [0.25, 0.3) is 0 Å². The summed E-state index contributed by atoms with van der Waals surface area (Å²) in [5.41, 5.74) is 7.42. The van der Waals surface area contributed by atoms with Crippen LogP contribution in [0.3, 0.4) is 0 Å². The molecule has 0 spiro atoms. The highest BCUT2D eigenvalue weighted by Gasteiger charge is 2.26. The third kappa shape index (κ3) is 3.73. The smallest absolute Gasteiger partial charge is 0.243 e. The van der Waals surface area contributed by atoms with Gasteiger partial charge in [-0.15, -0.1) is 0 Å². The molecule has 1 unspecified atom stereocenters. The van der Waals surface area contributed by atoms with Gasteiger partial charge in [0, 0.05) is 18.8 Å². The maximum Gasteiger partial charge on any atom is 0.243 e. The Balaban J connectivity index is 3.07. The Morgan fingerprint density at radius 2 is 1.85 bits per heavy atom. The first-order valence-corrected chi connectivity index (χ1v) is 8.50. The number of rotatable bonds is 6. The van der Waals surface area contributed by atoms with E-state index in [2.05, 4.69) is 13.8 Å². The lowest BCUT2D eigenvalue weighted by molar-refractivity contribution is 0.338. The average molecular weight is 298 g/mol. The van der Waals surface area contributed by atoms with Crippen molar-refractivity contribution in [3.8, 4) is 0 Å². The standard InChI is InChI=1S/C15H26N2O2S/c1-6-13-7-8-14(10-15(13)16)20(18,19)17(5)12(4)9-11(2)3/h7-8,10-12H,6,9,16H2,1-5H3. The molecule has 1 aromatic rings. The minimum atomic E-state index is -3.48. The fourth-order valence-electron chi connectivity index (χ4n) is 2.29. The summed E-state index contributed by atoms with van der Waals surface area (Å²) in [6, 6.07) is 4.96. The van der Waals surface area contributed by atoms with Gasteiger partial charge in [-0.1, -0.05) is 26.8 Å². The molecular formula is C15H26N2O2S. The fourth-order valence-corrected chi connectivity index (χ4v) is 3.70. The lowest BCUT2D eigenvalue weighted by Gasteiger charge is -2.26. The Bertz CT molecular complexity index is 553. The number of nitrogens with two attached hydrogens (primary N) is 1. The third-order valence-corrected chi connectivity index (χ3v) is 5.58. The van der Waals surface area contributed by atoms with Crippen molar-refractivity contribution in [3.63, 3.8) is 0 Å². The molecule has 0 amide bonds. The van der Waals surface area contributed by atoms with Crippen LogP contribution in [0.5, 0.6) is 0 Å². The summed E-state index contributed by atoms with van der Waals surface area (Å²) in [5.74, 6) is 0.454. The third-order valence-electron chi connectivity index (χ3n) is 3.61. The van der Waals surface area contributed by atoms with Gasteiger partial charge in [0.05, 0.1) is 4.90 Å². The van der Waals surface area contributed by atoms with Gasteiger partial charge >= 0.3 is 0 Å².